The van der Waals surface area contributed by atoms with E-state index >= 15 is 0 Å². The second kappa shape index (κ2) is 7.72. The molecule has 108 valence electrons. The molecule has 0 saturated carbocycles. The van der Waals surface area contributed by atoms with Crippen LogP contribution < -0.4 is 12.4 Å². The highest BCUT2D eigenvalue weighted by Gasteiger charge is 2.32. The number of halogens is 1. The predicted molar refractivity (Wildman–Crippen MR) is 81.3 cm³/mol. The average Bonchev–Trinajstić information content (AvgIpc) is 2.36. The monoisotopic (exact) mass is 281 g/mol. The van der Waals surface area contributed by atoms with Gasteiger partial charge in [0.05, 0.1) is 18.6 Å². The Kier molecular flexibility index (Phi) is 7.39. The summed E-state index contributed by atoms with van der Waals surface area (Å²) in [4.78, 5) is 0. The van der Waals surface area contributed by atoms with Gasteiger partial charge < -0.3 is 16.9 Å². The molecule has 1 aromatic rings. The van der Waals surface area contributed by atoms with Gasteiger partial charge in [-0.3, -0.25) is 0 Å². The summed E-state index contributed by atoms with van der Waals surface area (Å²) in [5, 5.41) is 0. The van der Waals surface area contributed by atoms with Gasteiger partial charge in [0.2, 0.25) is 0 Å². The zero-order chi connectivity index (χ0) is 13.8. The molecule has 19 heavy (non-hydrogen) atoms. The molecule has 0 spiro atoms. The summed E-state index contributed by atoms with van der Waals surface area (Å²) in [7, 11) is 0. The summed E-state index contributed by atoms with van der Waals surface area (Å²) in [6.07, 6.45) is 1.90. The molecular weight excluding hydrogens is 254 g/mol. The van der Waals surface area contributed by atoms with Crippen LogP contribution in [0.1, 0.15) is 45.7 Å². The molecule has 0 aliphatic carbocycles. The Bertz CT molecular complexity index is 371. The van der Waals surface area contributed by atoms with Crippen molar-refractivity contribution in [3.63, 3.8) is 0 Å². The number of rotatable bonds is 6. The maximum atomic E-state index is 3.80. The van der Waals surface area contributed by atoms with Crippen LogP contribution in [0.2, 0.25) is 0 Å². The largest absolute Gasteiger partial charge is 1.00 e. The van der Waals surface area contributed by atoms with Crippen LogP contribution in [0.4, 0.5) is 0 Å². The van der Waals surface area contributed by atoms with Crippen LogP contribution in [0.25, 0.3) is 6.08 Å². The van der Waals surface area contributed by atoms with Gasteiger partial charge in [0, 0.05) is 5.56 Å². The van der Waals surface area contributed by atoms with Crippen molar-refractivity contribution in [2.24, 2.45) is 0 Å². The van der Waals surface area contributed by atoms with Crippen molar-refractivity contribution in [2.45, 2.75) is 53.2 Å². The van der Waals surface area contributed by atoms with Crippen LogP contribution in [0.5, 0.6) is 0 Å². The molecule has 0 heterocycles. The third-order valence-electron chi connectivity index (χ3n) is 4.34. The fourth-order valence-electron chi connectivity index (χ4n) is 2.90. The zero-order valence-corrected chi connectivity index (χ0v) is 13.7. The standard InChI is InChI=1S/C17H28N.ClH/c1-7-16-9-11-17(12-10-16)13-18(8-2,14(3)4)15(5)6;/h7,9-12,14-15H,1,8,13H2,2-6H3;1H/q+1;/p-1. The molecule has 0 aliphatic rings. The van der Waals surface area contributed by atoms with E-state index in [-0.39, 0.29) is 12.4 Å². The molecule has 0 bridgehead atoms. The first kappa shape index (κ1) is 18.2. The third-order valence-corrected chi connectivity index (χ3v) is 4.34. The Balaban J connectivity index is 0.00000324. The lowest BCUT2D eigenvalue weighted by Gasteiger charge is -2.45. The van der Waals surface area contributed by atoms with Gasteiger partial charge in [0.1, 0.15) is 6.54 Å². The molecule has 0 radical (unpaired) electrons. The van der Waals surface area contributed by atoms with Crippen LogP contribution in [-0.2, 0) is 6.54 Å². The Morgan fingerprint density at radius 1 is 1.05 bits per heavy atom. The molecule has 2 heteroatoms. The third kappa shape index (κ3) is 4.09. The van der Waals surface area contributed by atoms with Gasteiger partial charge in [-0.05, 0) is 40.2 Å². The lowest BCUT2D eigenvalue weighted by molar-refractivity contribution is -0.977. The highest BCUT2D eigenvalue weighted by atomic mass is 35.5. The van der Waals surface area contributed by atoms with Crippen molar-refractivity contribution < 1.29 is 16.9 Å². The van der Waals surface area contributed by atoms with Crippen LogP contribution in [0.3, 0.4) is 0 Å². The van der Waals surface area contributed by atoms with Crippen molar-refractivity contribution in [3.8, 4) is 0 Å². The van der Waals surface area contributed by atoms with Gasteiger partial charge >= 0.3 is 0 Å². The molecule has 1 nitrogen and oxygen atoms in total. The Morgan fingerprint density at radius 2 is 1.53 bits per heavy atom. The second-order valence-electron chi connectivity index (χ2n) is 5.71. The van der Waals surface area contributed by atoms with Crippen LogP contribution in [0, 0.1) is 0 Å². The van der Waals surface area contributed by atoms with Crippen LogP contribution >= 0.6 is 0 Å². The normalized spacial score (nSPS) is 11.5. The van der Waals surface area contributed by atoms with Crippen molar-refractivity contribution in [2.75, 3.05) is 6.54 Å². The van der Waals surface area contributed by atoms with Crippen molar-refractivity contribution in [1.29, 1.82) is 0 Å². The molecular formula is C17H28ClN. The van der Waals surface area contributed by atoms with Gasteiger partial charge in [-0.2, -0.15) is 0 Å². The van der Waals surface area contributed by atoms with Gasteiger partial charge in [-0.15, -0.1) is 0 Å². The molecule has 0 amide bonds. The lowest BCUT2D eigenvalue weighted by Crippen LogP contribution is -3.00. The van der Waals surface area contributed by atoms with Crippen molar-refractivity contribution in [1.82, 2.24) is 0 Å². The van der Waals surface area contributed by atoms with E-state index in [0.29, 0.717) is 12.1 Å². The Labute approximate surface area is 125 Å². The number of hydrogen-bond donors (Lipinski definition) is 0. The quantitative estimate of drug-likeness (QED) is 0.693. The minimum Gasteiger partial charge on any atom is -1.00 e. The summed E-state index contributed by atoms with van der Waals surface area (Å²) in [5.74, 6) is 0. The number of quaternary nitrogens is 1. The maximum Gasteiger partial charge on any atom is 0.105 e. The molecule has 0 aromatic heterocycles. The van der Waals surface area contributed by atoms with E-state index in [9.17, 15) is 0 Å². The molecule has 0 unspecified atom stereocenters. The van der Waals surface area contributed by atoms with E-state index in [1.54, 1.807) is 0 Å². The van der Waals surface area contributed by atoms with E-state index < -0.39 is 0 Å². The molecule has 0 saturated heterocycles. The van der Waals surface area contributed by atoms with E-state index in [2.05, 4.69) is 65.5 Å². The van der Waals surface area contributed by atoms with E-state index in [1.807, 2.05) is 6.08 Å². The SMILES string of the molecule is C=Cc1ccc(C[N+](CC)(C(C)C)C(C)C)cc1.[Cl-]. The Hall–Kier alpha value is -0.790. The predicted octanol–water partition coefficient (Wildman–Crippen LogP) is 1.49. The van der Waals surface area contributed by atoms with Gasteiger partial charge in [0.25, 0.3) is 0 Å². The molecule has 0 aliphatic heterocycles. The fraction of sp³-hybridized carbons (Fsp3) is 0.529. The number of benzene rings is 1. The highest BCUT2D eigenvalue weighted by Crippen LogP contribution is 2.24. The minimum atomic E-state index is 0. The van der Waals surface area contributed by atoms with Gasteiger partial charge in [-0.25, -0.2) is 0 Å². The van der Waals surface area contributed by atoms with Crippen LogP contribution in [0.15, 0.2) is 30.8 Å². The first-order valence-corrected chi connectivity index (χ1v) is 7.04. The molecule has 1 rings (SSSR count). The van der Waals surface area contributed by atoms with E-state index in [4.69, 9.17) is 0 Å². The summed E-state index contributed by atoms with van der Waals surface area (Å²) in [6, 6.07) is 10.1. The fourth-order valence-corrected chi connectivity index (χ4v) is 2.90. The van der Waals surface area contributed by atoms with Gasteiger partial charge in [-0.1, -0.05) is 36.9 Å². The smallest absolute Gasteiger partial charge is 0.105 e. The van der Waals surface area contributed by atoms with E-state index in [1.165, 1.54) is 17.7 Å². The lowest BCUT2D eigenvalue weighted by atomic mass is 10.1. The van der Waals surface area contributed by atoms with Gasteiger partial charge in [0.15, 0.2) is 0 Å². The molecule has 1 aromatic carbocycles. The molecule has 0 N–H and O–H groups in total. The average molecular weight is 282 g/mol. The minimum absolute atomic E-state index is 0. The first-order valence-electron chi connectivity index (χ1n) is 7.04. The van der Waals surface area contributed by atoms with Crippen LogP contribution in [-0.4, -0.2) is 23.1 Å². The summed E-state index contributed by atoms with van der Waals surface area (Å²) < 4.78 is 1.15. The first-order chi connectivity index (χ1) is 8.46. The highest BCUT2D eigenvalue weighted by molar-refractivity contribution is 5.47. The summed E-state index contributed by atoms with van der Waals surface area (Å²) >= 11 is 0. The maximum absolute atomic E-state index is 3.80. The Morgan fingerprint density at radius 3 is 1.84 bits per heavy atom. The molecule has 0 atom stereocenters. The number of nitrogens with zero attached hydrogens (tertiary/aromatic N) is 1. The van der Waals surface area contributed by atoms with E-state index in [0.717, 1.165) is 11.0 Å². The van der Waals surface area contributed by atoms with Crippen molar-refractivity contribution in [3.05, 3.63) is 42.0 Å². The summed E-state index contributed by atoms with van der Waals surface area (Å²) in [5.41, 5.74) is 2.62. The number of hydrogen-bond acceptors (Lipinski definition) is 0. The van der Waals surface area contributed by atoms with Crippen molar-refractivity contribution >= 4 is 6.08 Å². The molecule has 0 fully saturated rings. The zero-order valence-electron chi connectivity index (χ0n) is 13.0. The topological polar surface area (TPSA) is 0 Å². The summed E-state index contributed by atoms with van der Waals surface area (Å²) in [6.45, 7) is 17.7. The second-order valence-corrected chi connectivity index (χ2v) is 5.71.